The molecule has 0 radical (unpaired) electrons. The number of nitrogens with one attached hydrogen (secondary N) is 2. The molecule has 0 saturated carbocycles. The highest BCUT2D eigenvalue weighted by atomic mass is 16.7. The lowest BCUT2D eigenvalue weighted by Gasteiger charge is -2.30. The number of likely N-dealkylation sites (N-methyl/N-ethyl adjacent to an activating group) is 1. The van der Waals surface area contributed by atoms with E-state index in [0.29, 0.717) is 43.9 Å². The number of hydrogen-bond acceptors (Lipinski definition) is 8. The predicted octanol–water partition coefficient (Wildman–Crippen LogP) is 0.439. The van der Waals surface area contributed by atoms with Gasteiger partial charge in [0.1, 0.15) is 6.04 Å². The van der Waals surface area contributed by atoms with Crippen LogP contribution in [0.4, 0.5) is 15.3 Å². The highest BCUT2D eigenvalue weighted by Gasteiger charge is 2.33. The molecular weight excluding hydrogens is 482 g/mol. The Balaban J connectivity index is 1.45. The molecule has 0 aromatic heterocycles. The Morgan fingerprint density at radius 3 is 2.49 bits per heavy atom. The third-order valence-electron chi connectivity index (χ3n) is 6.05. The van der Waals surface area contributed by atoms with Gasteiger partial charge in [-0.3, -0.25) is 14.4 Å². The summed E-state index contributed by atoms with van der Waals surface area (Å²) in [6.45, 7) is 5.45. The van der Waals surface area contributed by atoms with E-state index in [2.05, 4.69) is 20.7 Å². The largest absolute Gasteiger partial charge is 0.466 e. The summed E-state index contributed by atoms with van der Waals surface area (Å²) in [6.07, 6.45) is 0.690. The van der Waals surface area contributed by atoms with Crippen molar-refractivity contribution in [3.05, 3.63) is 29.8 Å². The van der Waals surface area contributed by atoms with Crippen LogP contribution < -0.4 is 21.3 Å². The summed E-state index contributed by atoms with van der Waals surface area (Å²) in [4.78, 5) is 58.8. The van der Waals surface area contributed by atoms with Gasteiger partial charge >= 0.3 is 18.1 Å². The Labute approximate surface area is 215 Å². The molecule has 0 aliphatic carbocycles. The minimum atomic E-state index is -0.674. The molecule has 1 aromatic rings. The van der Waals surface area contributed by atoms with E-state index in [4.69, 9.17) is 15.3 Å². The lowest BCUT2D eigenvalue weighted by Crippen LogP contribution is -2.47. The van der Waals surface area contributed by atoms with Crippen LogP contribution in [0.15, 0.2) is 29.4 Å². The van der Waals surface area contributed by atoms with Gasteiger partial charge in [-0.15, -0.1) is 0 Å². The number of piperazine rings is 1. The SMILES string of the molecule is CCCOC(=O)CCNC(=O)N[C@H]1CCN(c2ccc(/C(N)=N/OC(=O)N3CCN(C)CC3)cc2)C1=O. The third-order valence-corrected chi connectivity index (χ3v) is 6.05. The fraction of sp³-hybridized carbons (Fsp3) is 0.542. The summed E-state index contributed by atoms with van der Waals surface area (Å²) in [5.41, 5.74) is 7.14. The summed E-state index contributed by atoms with van der Waals surface area (Å²) in [5, 5.41) is 8.96. The van der Waals surface area contributed by atoms with Crippen LogP contribution in [-0.4, -0.2) is 98.6 Å². The zero-order valence-electron chi connectivity index (χ0n) is 21.3. The molecule has 2 fully saturated rings. The molecule has 37 heavy (non-hydrogen) atoms. The van der Waals surface area contributed by atoms with Crippen molar-refractivity contribution in [1.29, 1.82) is 0 Å². The molecule has 0 spiro atoms. The molecule has 0 unspecified atom stereocenters. The lowest BCUT2D eigenvalue weighted by molar-refractivity contribution is -0.143. The van der Waals surface area contributed by atoms with E-state index >= 15 is 0 Å². The Morgan fingerprint density at radius 2 is 1.81 bits per heavy atom. The Kier molecular flexibility index (Phi) is 10.1. The molecule has 2 aliphatic heterocycles. The Hall–Kier alpha value is -3.87. The van der Waals surface area contributed by atoms with Crippen LogP contribution in [0.5, 0.6) is 0 Å². The average Bonchev–Trinajstić information content (AvgIpc) is 3.25. The van der Waals surface area contributed by atoms with Gasteiger partial charge in [-0.1, -0.05) is 12.1 Å². The molecule has 2 heterocycles. The Bertz CT molecular complexity index is 992. The van der Waals surface area contributed by atoms with Crippen molar-refractivity contribution in [3.63, 3.8) is 0 Å². The minimum absolute atomic E-state index is 0.0385. The highest BCUT2D eigenvalue weighted by molar-refractivity contribution is 6.02. The molecule has 4 amide bonds. The van der Waals surface area contributed by atoms with Gasteiger partial charge in [0.2, 0.25) is 5.91 Å². The normalized spacial score (nSPS) is 18.5. The summed E-state index contributed by atoms with van der Waals surface area (Å²) < 4.78 is 4.95. The Morgan fingerprint density at radius 1 is 1.11 bits per heavy atom. The molecule has 2 aliphatic rings. The lowest BCUT2D eigenvalue weighted by atomic mass is 10.2. The van der Waals surface area contributed by atoms with Crippen molar-refractivity contribution in [1.82, 2.24) is 20.4 Å². The second-order valence-electron chi connectivity index (χ2n) is 8.87. The van der Waals surface area contributed by atoms with E-state index in [1.54, 1.807) is 34.1 Å². The van der Waals surface area contributed by atoms with Crippen molar-refractivity contribution in [2.24, 2.45) is 10.9 Å². The average molecular weight is 518 g/mol. The first-order valence-electron chi connectivity index (χ1n) is 12.4. The molecule has 1 atom stereocenters. The van der Waals surface area contributed by atoms with Gasteiger partial charge in [0.15, 0.2) is 5.84 Å². The van der Waals surface area contributed by atoms with Crippen molar-refractivity contribution in [2.45, 2.75) is 32.2 Å². The molecule has 13 heteroatoms. The number of nitrogens with zero attached hydrogens (tertiary/aromatic N) is 4. The molecular formula is C24H35N7O6. The number of hydrogen-bond donors (Lipinski definition) is 3. The molecule has 2 saturated heterocycles. The number of carbonyl (C=O) groups excluding carboxylic acids is 4. The summed E-state index contributed by atoms with van der Waals surface area (Å²) in [6, 6.07) is 5.58. The van der Waals surface area contributed by atoms with Crippen molar-refractivity contribution in [3.8, 4) is 0 Å². The minimum Gasteiger partial charge on any atom is -0.466 e. The van der Waals surface area contributed by atoms with Gasteiger partial charge in [-0.25, -0.2) is 9.59 Å². The maximum Gasteiger partial charge on any atom is 0.436 e. The first kappa shape index (κ1) is 27.7. The number of amidine groups is 1. The van der Waals surface area contributed by atoms with Gasteiger partial charge < -0.3 is 35.8 Å². The van der Waals surface area contributed by atoms with E-state index in [-0.39, 0.29) is 30.7 Å². The number of anilines is 1. The summed E-state index contributed by atoms with van der Waals surface area (Å²) >= 11 is 0. The van der Waals surface area contributed by atoms with E-state index in [1.807, 2.05) is 14.0 Å². The van der Waals surface area contributed by atoms with Crippen molar-refractivity contribution in [2.75, 3.05) is 57.8 Å². The first-order valence-corrected chi connectivity index (χ1v) is 12.4. The van der Waals surface area contributed by atoms with Crippen LogP contribution in [0.2, 0.25) is 0 Å². The number of oxime groups is 1. The first-order chi connectivity index (χ1) is 17.8. The molecule has 202 valence electrons. The standard InChI is InChI=1S/C24H35N7O6/c1-3-16-36-20(32)8-10-26-23(34)27-19-9-11-31(22(19)33)18-6-4-17(5-7-18)21(25)28-37-24(35)30-14-12-29(2)13-15-30/h4-7,19H,3,8-16H2,1-2H3,(H2,25,28)(H2,26,27,34)/t19-/m0/s1. The van der Waals surface area contributed by atoms with Crippen LogP contribution >= 0.6 is 0 Å². The number of nitrogens with two attached hydrogens (primary N) is 1. The zero-order chi connectivity index (χ0) is 26.8. The molecule has 13 nitrogen and oxygen atoms in total. The smallest absolute Gasteiger partial charge is 0.436 e. The molecule has 1 aromatic carbocycles. The van der Waals surface area contributed by atoms with Crippen LogP contribution in [0.3, 0.4) is 0 Å². The van der Waals surface area contributed by atoms with Crippen molar-refractivity contribution < 1.29 is 28.8 Å². The topological polar surface area (TPSA) is 159 Å². The fourth-order valence-corrected chi connectivity index (χ4v) is 3.85. The van der Waals surface area contributed by atoms with Crippen LogP contribution in [0, 0.1) is 0 Å². The van der Waals surface area contributed by atoms with Crippen LogP contribution in [0.1, 0.15) is 31.7 Å². The van der Waals surface area contributed by atoms with Crippen LogP contribution in [-0.2, 0) is 19.2 Å². The number of amides is 4. The van der Waals surface area contributed by atoms with Gasteiger partial charge in [0, 0.05) is 50.5 Å². The number of benzene rings is 1. The number of esters is 1. The molecule has 0 bridgehead atoms. The van der Waals surface area contributed by atoms with E-state index < -0.39 is 18.2 Å². The number of ether oxygens (including phenoxy) is 1. The number of rotatable bonds is 9. The quantitative estimate of drug-likeness (QED) is 0.140. The van der Waals surface area contributed by atoms with Crippen LogP contribution in [0.25, 0.3) is 0 Å². The monoisotopic (exact) mass is 517 g/mol. The summed E-state index contributed by atoms with van der Waals surface area (Å²) in [5.74, 6) is -0.586. The predicted molar refractivity (Wildman–Crippen MR) is 136 cm³/mol. The summed E-state index contributed by atoms with van der Waals surface area (Å²) in [7, 11) is 1.99. The van der Waals surface area contributed by atoms with Gasteiger partial charge in [0.25, 0.3) is 0 Å². The zero-order valence-corrected chi connectivity index (χ0v) is 21.3. The molecule has 4 N–H and O–H groups in total. The third kappa shape index (κ3) is 8.07. The fourth-order valence-electron chi connectivity index (χ4n) is 3.85. The van der Waals surface area contributed by atoms with Gasteiger partial charge in [0.05, 0.1) is 13.0 Å². The maximum absolute atomic E-state index is 12.8. The van der Waals surface area contributed by atoms with Gasteiger partial charge in [-0.05, 0) is 44.2 Å². The molecule has 3 rings (SSSR count). The van der Waals surface area contributed by atoms with E-state index in [0.717, 1.165) is 19.5 Å². The second kappa shape index (κ2) is 13.4. The highest BCUT2D eigenvalue weighted by Crippen LogP contribution is 2.22. The van der Waals surface area contributed by atoms with E-state index in [9.17, 15) is 19.2 Å². The van der Waals surface area contributed by atoms with Crippen molar-refractivity contribution >= 4 is 35.5 Å². The maximum atomic E-state index is 12.8. The number of urea groups is 1. The number of carbonyl (C=O) groups is 4. The van der Waals surface area contributed by atoms with Gasteiger partial charge in [-0.2, -0.15) is 0 Å². The second-order valence-corrected chi connectivity index (χ2v) is 8.87. The van der Waals surface area contributed by atoms with E-state index in [1.165, 1.54) is 0 Å².